The van der Waals surface area contributed by atoms with Crippen LogP contribution in [-0.4, -0.2) is 46.3 Å². The number of fused-ring (bicyclic) bond motifs is 1. The van der Waals surface area contributed by atoms with E-state index in [-0.39, 0.29) is 5.91 Å². The zero-order valence-electron chi connectivity index (χ0n) is 15.5. The van der Waals surface area contributed by atoms with Gasteiger partial charge in [0, 0.05) is 30.6 Å². The van der Waals surface area contributed by atoms with Gasteiger partial charge in [0.25, 0.3) is 5.91 Å². The summed E-state index contributed by atoms with van der Waals surface area (Å²) in [6.07, 6.45) is 2.67. The number of hydrogen-bond acceptors (Lipinski definition) is 6. The maximum atomic E-state index is 12.6. The van der Waals surface area contributed by atoms with Crippen molar-refractivity contribution in [3.05, 3.63) is 52.3 Å². The first kappa shape index (κ1) is 17.7. The average molecular weight is 383 g/mol. The third-order valence-electron chi connectivity index (χ3n) is 4.55. The van der Waals surface area contributed by atoms with Gasteiger partial charge >= 0.3 is 0 Å². The van der Waals surface area contributed by atoms with E-state index >= 15 is 0 Å². The molecule has 3 aromatic rings. The van der Waals surface area contributed by atoms with Crippen LogP contribution in [0.25, 0.3) is 5.69 Å². The molecule has 1 aromatic carbocycles. The predicted octanol–water partition coefficient (Wildman–Crippen LogP) is 2.89. The molecule has 0 saturated carbocycles. The number of likely N-dealkylation sites (N-methyl/N-ethyl adjacent to an activating group) is 1. The van der Waals surface area contributed by atoms with E-state index in [2.05, 4.69) is 27.3 Å². The normalized spacial score (nSPS) is 14.0. The van der Waals surface area contributed by atoms with Crippen molar-refractivity contribution in [2.45, 2.75) is 19.9 Å². The Labute approximate surface area is 161 Å². The first-order valence-corrected chi connectivity index (χ1v) is 9.54. The molecule has 8 heteroatoms. The van der Waals surface area contributed by atoms with Crippen molar-refractivity contribution in [1.82, 2.24) is 19.7 Å². The highest BCUT2D eigenvalue weighted by Crippen LogP contribution is 2.28. The van der Waals surface area contributed by atoms with Crippen molar-refractivity contribution in [3.63, 3.8) is 0 Å². The number of anilines is 1. The zero-order valence-corrected chi connectivity index (χ0v) is 16.3. The van der Waals surface area contributed by atoms with E-state index in [1.165, 1.54) is 16.2 Å². The monoisotopic (exact) mass is 383 g/mol. The Balaban J connectivity index is 1.54. The summed E-state index contributed by atoms with van der Waals surface area (Å²) < 4.78 is 7.06. The van der Waals surface area contributed by atoms with Crippen LogP contribution in [0.1, 0.15) is 26.6 Å². The SMILES string of the molecule is COc1ccc(C)cc1-n1ccc(C(=O)Nc2nc3c(s2)CN(C)CC3)n1. The summed E-state index contributed by atoms with van der Waals surface area (Å²) in [5, 5.41) is 7.92. The van der Waals surface area contributed by atoms with Gasteiger partial charge in [0.1, 0.15) is 11.4 Å². The second-order valence-electron chi connectivity index (χ2n) is 6.65. The molecule has 0 aliphatic carbocycles. The van der Waals surface area contributed by atoms with Gasteiger partial charge in [-0.1, -0.05) is 6.07 Å². The van der Waals surface area contributed by atoms with Crippen molar-refractivity contribution in [3.8, 4) is 11.4 Å². The van der Waals surface area contributed by atoms with Crippen LogP contribution >= 0.6 is 11.3 Å². The predicted molar refractivity (Wildman–Crippen MR) is 105 cm³/mol. The lowest BCUT2D eigenvalue weighted by atomic mass is 10.2. The summed E-state index contributed by atoms with van der Waals surface area (Å²) in [4.78, 5) is 20.6. The van der Waals surface area contributed by atoms with E-state index in [4.69, 9.17) is 4.74 Å². The van der Waals surface area contributed by atoms with Gasteiger partial charge in [-0.2, -0.15) is 5.10 Å². The van der Waals surface area contributed by atoms with Crippen LogP contribution < -0.4 is 10.1 Å². The Hall–Kier alpha value is -2.71. The summed E-state index contributed by atoms with van der Waals surface area (Å²) in [6, 6.07) is 7.53. The van der Waals surface area contributed by atoms with Crippen molar-refractivity contribution in [2.75, 3.05) is 26.0 Å². The van der Waals surface area contributed by atoms with E-state index < -0.39 is 0 Å². The fourth-order valence-corrected chi connectivity index (χ4v) is 4.18. The minimum absolute atomic E-state index is 0.264. The molecule has 140 valence electrons. The van der Waals surface area contributed by atoms with Gasteiger partial charge in [0.15, 0.2) is 10.8 Å². The average Bonchev–Trinajstić information content (AvgIpc) is 3.28. The molecule has 4 rings (SSSR count). The van der Waals surface area contributed by atoms with E-state index in [1.807, 2.05) is 25.1 Å². The Morgan fingerprint density at radius 3 is 3.00 bits per heavy atom. The standard InChI is InChI=1S/C19H21N5O2S/c1-12-4-5-16(26-3)15(10-12)24-9-7-14(22-24)18(25)21-19-20-13-6-8-23(2)11-17(13)27-19/h4-5,7,9-10H,6,8,11H2,1-3H3,(H,20,21,25). The third-order valence-corrected chi connectivity index (χ3v) is 5.54. The van der Waals surface area contributed by atoms with E-state index in [9.17, 15) is 4.79 Å². The fraction of sp³-hybridized carbons (Fsp3) is 0.316. The van der Waals surface area contributed by atoms with E-state index in [1.54, 1.807) is 24.1 Å². The molecule has 0 radical (unpaired) electrons. The molecule has 27 heavy (non-hydrogen) atoms. The highest BCUT2D eigenvalue weighted by atomic mass is 32.1. The molecule has 0 fully saturated rings. The lowest BCUT2D eigenvalue weighted by Crippen LogP contribution is -2.25. The molecular weight excluding hydrogens is 362 g/mol. The topological polar surface area (TPSA) is 72.3 Å². The van der Waals surface area contributed by atoms with Crippen LogP contribution in [0, 0.1) is 6.92 Å². The van der Waals surface area contributed by atoms with Crippen molar-refractivity contribution in [2.24, 2.45) is 0 Å². The summed E-state index contributed by atoms with van der Waals surface area (Å²) in [5.41, 5.74) is 3.31. The van der Waals surface area contributed by atoms with Crippen molar-refractivity contribution in [1.29, 1.82) is 0 Å². The number of amides is 1. The molecule has 7 nitrogen and oxygen atoms in total. The first-order valence-electron chi connectivity index (χ1n) is 8.72. The lowest BCUT2D eigenvalue weighted by molar-refractivity contribution is 0.102. The second kappa shape index (κ2) is 7.13. The van der Waals surface area contributed by atoms with Gasteiger partial charge in [-0.05, 0) is 37.7 Å². The number of carbonyl (C=O) groups excluding carboxylic acids is 1. The minimum atomic E-state index is -0.264. The number of ether oxygens (including phenoxy) is 1. The zero-order chi connectivity index (χ0) is 19.0. The molecule has 2 aromatic heterocycles. The Morgan fingerprint density at radius 1 is 1.33 bits per heavy atom. The molecular formula is C19H21N5O2S. The number of carbonyl (C=O) groups is 1. The van der Waals surface area contributed by atoms with Crippen molar-refractivity contribution < 1.29 is 9.53 Å². The number of thiazole rings is 1. The Morgan fingerprint density at radius 2 is 2.19 bits per heavy atom. The van der Waals surface area contributed by atoms with Crippen LogP contribution in [-0.2, 0) is 13.0 Å². The molecule has 1 amide bonds. The van der Waals surface area contributed by atoms with E-state index in [0.29, 0.717) is 16.6 Å². The third kappa shape index (κ3) is 3.58. The summed E-state index contributed by atoms with van der Waals surface area (Å²) in [6.45, 7) is 3.87. The highest BCUT2D eigenvalue weighted by Gasteiger charge is 2.20. The number of aromatic nitrogens is 3. The van der Waals surface area contributed by atoms with Crippen LogP contribution in [0.5, 0.6) is 5.75 Å². The van der Waals surface area contributed by atoms with Gasteiger partial charge in [-0.25, -0.2) is 9.67 Å². The summed E-state index contributed by atoms with van der Waals surface area (Å²) >= 11 is 1.53. The minimum Gasteiger partial charge on any atom is -0.494 e. The van der Waals surface area contributed by atoms with Gasteiger partial charge in [0.05, 0.1) is 12.8 Å². The molecule has 0 atom stereocenters. The maximum absolute atomic E-state index is 12.6. The fourth-order valence-electron chi connectivity index (χ4n) is 3.10. The first-order chi connectivity index (χ1) is 13.0. The molecule has 3 heterocycles. The smallest absolute Gasteiger partial charge is 0.277 e. The van der Waals surface area contributed by atoms with Crippen LogP contribution in [0.3, 0.4) is 0 Å². The number of benzene rings is 1. The number of rotatable bonds is 4. The molecule has 0 saturated heterocycles. The number of aryl methyl sites for hydroxylation is 1. The molecule has 1 N–H and O–H groups in total. The second-order valence-corrected chi connectivity index (χ2v) is 7.74. The quantitative estimate of drug-likeness (QED) is 0.750. The van der Waals surface area contributed by atoms with Gasteiger partial charge in [-0.15, -0.1) is 11.3 Å². The Kier molecular flexibility index (Phi) is 4.67. The van der Waals surface area contributed by atoms with Gasteiger partial charge < -0.3 is 9.64 Å². The van der Waals surface area contributed by atoms with Crippen molar-refractivity contribution >= 4 is 22.4 Å². The molecule has 1 aliphatic rings. The lowest BCUT2D eigenvalue weighted by Gasteiger charge is -2.20. The van der Waals surface area contributed by atoms with Gasteiger partial charge in [0.2, 0.25) is 0 Å². The molecule has 0 spiro atoms. The van der Waals surface area contributed by atoms with Crippen LogP contribution in [0.4, 0.5) is 5.13 Å². The molecule has 0 bridgehead atoms. The molecule has 0 unspecified atom stereocenters. The number of hydrogen-bond donors (Lipinski definition) is 1. The van der Waals surface area contributed by atoms with E-state index in [0.717, 1.165) is 36.5 Å². The largest absolute Gasteiger partial charge is 0.494 e. The van der Waals surface area contributed by atoms with Crippen LogP contribution in [0.2, 0.25) is 0 Å². The number of nitrogens with one attached hydrogen (secondary N) is 1. The highest BCUT2D eigenvalue weighted by molar-refractivity contribution is 7.15. The molecule has 1 aliphatic heterocycles. The van der Waals surface area contributed by atoms with Gasteiger partial charge in [-0.3, -0.25) is 10.1 Å². The van der Waals surface area contributed by atoms with Crippen LogP contribution in [0.15, 0.2) is 30.5 Å². The number of nitrogens with zero attached hydrogens (tertiary/aromatic N) is 4. The summed E-state index contributed by atoms with van der Waals surface area (Å²) in [5.74, 6) is 0.437. The maximum Gasteiger partial charge on any atom is 0.277 e. The summed E-state index contributed by atoms with van der Waals surface area (Å²) in [7, 11) is 3.71. The Bertz CT molecular complexity index is 994. The number of methoxy groups -OCH3 is 1.